The monoisotopic (exact) mass is 262 g/mol. The number of ether oxygens (including phenoxy) is 1. The smallest absolute Gasteiger partial charge is 0.253 e. The topological polar surface area (TPSA) is 50.4 Å². The first-order valence-electron chi connectivity index (χ1n) is 6.91. The first-order valence-corrected chi connectivity index (χ1v) is 6.91. The molecule has 0 saturated carbocycles. The quantitative estimate of drug-likeness (QED) is 0.855. The highest BCUT2D eigenvalue weighted by Crippen LogP contribution is 2.18. The van der Waals surface area contributed by atoms with Gasteiger partial charge < -0.3 is 15.4 Å². The molecule has 0 spiro atoms. The van der Waals surface area contributed by atoms with Crippen LogP contribution in [0.15, 0.2) is 18.2 Å². The lowest BCUT2D eigenvalue weighted by Gasteiger charge is -2.13. The number of carbonyl (C=O) groups excluding carboxylic acids is 1. The summed E-state index contributed by atoms with van der Waals surface area (Å²) in [6, 6.07) is 5.86. The van der Waals surface area contributed by atoms with Gasteiger partial charge in [0.05, 0.1) is 12.2 Å². The highest BCUT2D eigenvalue weighted by Gasteiger charge is 2.17. The largest absolute Gasteiger partial charge is 0.385 e. The fourth-order valence-electron chi connectivity index (χ4n) is 2.27. The number of hydrogen-bond acceptors (Lipinski definition) is 3. The minimum Gasteiger partial charge on any atom is -0.385 e. The van der Waals surface area contributed by atoms with E-state index in [1.165, 1.54) is 0 Å². The Morgan fingerprint density at radius 2 is 2.32 bits per heavy atom. The molecular formula is C15H22N2O2. The zero-order valence-corrected chi connectivity index (χ0v) is 11.7. The molecule has 1 heterocycles. The molecule has 2 N–H and O–H groups in total. The molecule has 104 valence electrons. The van der Waals surface area contributed by atoms with Crippen LogP contribution >= 0.6 is 0 Å². The molecule has 1 unspecified atom stereocenters. The summed E-state index contributed by atoms with van der Waals surface area (Å²) in [6.45, 7) is 7.12. The van der Waals surface area contributed by atoms with Gasteiger partial charge in [-0.05, 0) is 38.0 Å². The number of anilines is 1. The number of hydrogen-bond donors (Lipinski definition) is 2. The Labute approximate surface area is 114 Å². The zero-order valence-electron chi connectivity index (χ0n) is 11.7. The molecule has 2 rings (SSSR count). The van der Waals surface area contributed by atoms with Crippen molar-refractivity contribution in [2.45, 2.75) is 20.3 Å². The summed E-state index contributed by atoms with van der Waals surface area (Å²) in [5.41, 5.74) is 2.77. The van der Waals surface area contributed by atoms with Gasteiger partial charge in [-0.2, -0.15) is 0 Å². The molecule has 1 aliphatic heterocycles. The van der Waals surface area contributed by atoms with E-state index in [4.69, 9.17) is 4.74 Å². The van der Waals surface area contributed by atoms with Crippen molar-refractivity contribution in [2.75, 3.05) is 31.6 Å². The minimum atomic E-state index is -0.0112. The summed E-state index contributed by atoms with van der Waals surface area (Å²) < 4.78 is 5.31. The molecular weight excluding hydrogens is 240 g/mol. The Morgan fingerprint density at radius 3 is 3.00 bits per heavy atom. The van der Waals surface area contributed by atoms with Crippen LogP contribution in [0.1, 0.15) is 29.3 Å². The normalized spacial score (nSPS) is 18.3. The van der Waals surface area contributed by atoms with Gasteiger partial charge >= 0.3 is 0 Å². The van der Waals surface area contributed by atoms with E-state index < -0.39 is 0 Å². The maximum atomic E-state index is 12.2. The molecule has 4 heteroatoms. The van der Waals surface area contributed by atoms with Crippen molar-refractivity contribution in [2.24, 2.45) is 5.92 Å². The molecule has 4 nitrogen and oxygen atoms in total. The van der Waals surface area contributed by atoms with Gasteiger partial charge in [-0.1, -0.05) is 6.07 Å². The second kappa shape index (κ2) is 6.57. The van der Waals surface area contributed by atoms with E-state index in [9.17, 15) is 4.79 Å². The highest BCUT2D eigenvalue weighted by atomic mass is 16.5. The number of benzene rings is 1. The molecule has 1 aromatic rings. The van der Waals surface area contributed by atoms with E-state index in [0.29, 0.717) is 18.0 Å². The van der Waals surface area contributed by atoms with Crippen LogP contribution in [0.25, 0.3) is 0 Å². The SMILES string of the molecule is CCNc1cc(C)ccc1C(=O)NCC1CCOC1. The summed E-state index contributed by atoms with van der Waals surface area (Å²) in [5.74, 6) is 0.444. The molecule has 1 amide bonds. The highest BCUT2D eigenvalue weighted by molar-refractivity contribution is 5.99. The maximum absolute atomic E-state index is 12.2. The van der Waals surface area contributed by atoms with Crippen molar-refractivity contribution < 1.29 is 9.53 Å². The van der Waals surface area contributed by atoms with Gasteiger partial charge in [0.1, 0.15) is 0 Å². The second-order valence-electron chi connectivity index (χ2n) is 5.02. The average molecular weight is 262 g/mol. The van der Waals surface area contributed by atoms with Crippen LogP contribution in [0, 0.1) is 12.8 Å². The predicted molar refractivity (Wildman–Crippen MR) is 76.6 cm³/mol. The molecule has 0 aliphatic carbocycles. The summed E-state index contributed by atoms with van der Waals surface area (Å²) in [7, 11) is 0. The van der Waals surface area contributed by atoms with E-state index in [1.54, 1.807) is 0 Å². The Hall–Kier alpha value is -1.55. The van der Waals surface area contributed by atoms with Crippen LogP contribution in [0.3, 0.4) is 0 Å². The Morgan fingerprint density at radius 1 is 1.47 bits per heavy atom. The predicted octanol–water partition coefficient (Wildman–Crippen LogP) is 2.19. The molecule has 0 bridgehead atoms. The number of aryl methyl sites for hydroxylation is 1. The molecule has 0 aromatic heterocycles. The standard InChI is InChI=1S/C15H22N2O2/c1-3-16-14-8-11(2)4-5-13(14)15(18)17-9-12-6-7-19-10-12/h4-5,8,12,16H,3,6-7,9-10H2,1-2H3,(H,17,18). The van der Waals surface area contributed by atoms with Crippen LogP contribution in [0.2, 0.25) is 0 Å². The van der Waals surface area contributed by atoms with Crippen molar-refractivity contribution in [3.05, 3.63) is 29.3 Å². The van der Waals surface area contributed by atoms with Gasteiger partial charge in [0.2, 0.25) is 0 Å². The van der Waals surface area contributed by atoms with Crippen molar-refractivity contribution >= 4 is 11.6 Å². The van der Waals surface area contributed by atoms with Gasteiger partial charge in [-0.3, -0.25) is 4.79 Å². The Kier molecular flexibility index (Phi) is 4.80. The maximum Gasteiger partial charge on any atom is 0.253 e. The third-order valence-electron chi connectivity index (χ3n) is 3.36. The second-order valence-corrected chi connectivity index (χ2v) is 5.02. The van der Waals surface area contributed by atoms with E-state index in [-0.39, 0.29) is 5.91 Å². The van der Waals surface area contributed by atoms with Crippen LogP contribution in [0.4, 0.5) is 5.69 Å². The molecule has 0 radical (unpaired) electrons. The van der Waals surface area contributed by atoms with Crippen molar-refractivity contribution in [1.29, 1.82) is 0 Å². The summed E-state index contributed by atoms with van der Waals surface area (Å²) in [4.78, 5) is 12.2. The Bertz CT molecular complexity index is 440. The van der Waals surface area contributed by atoms with Crippen molar-refractivity contribution in [1.82, 2.24) is 5.32 Å². The molecule has 1 aliphatic rings. The number of carbonyl (C=O) groups is 1. The lowest BCUT2D eigenvalue weighted by atomic mass is 10.1. The Balaban J connectivity index is 2.00. The van der Waals surface area contributed by atoms with Gasteiger partial charge in [0, 0.05) is 31.3 Å². The van der Waals surface area contributed by atoms with Crippen LogP contribution < -0.4 is 10.6 Å². The van der Waals surface area contributed by atoms with Gasteiger partial charge in [0.25, 0.3) is 5.91 Å². The minimum absolute atomic E-state index is 0.0112. The van der Waals surface area contributed by atoms with Crippen molar-refractivity contribution in [3.63, 3.8) is 0 Å². The molecule has 1 saturated heterocycles. The first kappa shape index (κ1) is 13.9. The summed E-state index contributed by atoms with van der Waals surface area (Å²) >= 11 is 0. The van der Waals surface area contributed by atoms with Crippen LogP contribution in [0.5, 0.6) is 0 Å². The van der Waals surface area contributed by atoms with E-state index in [0.717, 1.165) is 37.4 Å². The molecule has 1 atom stereocenters. The fraction of sp³-hybridized carbons (Fsp3) is 0.533. The van der Waals surface area contributed by atoms with Gasteiger partial charge in [-0.15, -0.1) is 0 Å². The van der Waals surface area contributed by atoms with Crippen LogP contribution in [-0.4, -0.2) is 32.2 Å². The number of nitrogens with one attached hydrogen (secondary N) is 2. The van der Waals surface area contributed by atoms with Crippen molar-refractivity contribution in [3.8, 4) is 0 Å². The van der Waals surface area contributed by atoms with Gasteiger partial charge in [-0.25, -0.2) is 0 Å². The fourth-order valence-corrected chi connectivity index (χ4v) is 2.27. The summed E-state index contributed by atoms with van der Waals surface area (Å²) in [6.07, 6.45) is 1.04. The van der Waals surface area contributed by atoms with E-state index in [1.807, 2.05) is 32.0 Å². The average Bonchev–Trinajstić information content (AvgIpc) is 2.90. The third kappa shape index (κ3) is 3.70. The van der Waals surface area contributed by atoms with Gasteiger partial charge in [0.15, 0.2) is 0 Å². The number of amides is 1. The molecule has 19 heavy (non-hydrogen) atoms. The van der Waals surface area contributed by atoms with Crippen LogP contribution in [-0.2, 0) is 4.74 Å². The molecule has 1 aromatic carbocycles. The lowest BCUT2D eigenvalue weighted by Crippen LogP contribution is -2.30. The zero-order chi connectivity index (χ0) is 13.7. The lowest BCUT2D eigenvalue weighted by molar-refractivity contribution is 0.0946. The number of rotatable bonds is 5. The molecule has 1 fully saturated rings. The first-order chi connectivity index (χ1) is 9.20. The van der Waals surface area contributed by atoms with E-state index in [2.05, 4.69) is 10.6 Å². The van der Waals surface area contributed by atoms with E-state index >= 15 is 0 Å². The summed E-state index contributed by atoms with van der Waals surface area (Å²) in [5, 5.41) is 6.24. The third-order valence-corrected chi connectivity index (χ3v) is 3.36.